The van der Waals surface area contributed by atoms with Gasteiger partial charge >= 0.3 is 0 Å². The maximum absolute atomic E-state index is 5.23. The average Bonchev–Trinajstić information content (AvgIpc) is 3.29. The van der Waals surface area contributed by atoms with E-state index in [9.17, 15) is 0 Å². The highest BCUT2D eigenvalue weighted by molar-refractivity contribution is 7.15. The molecule has 8 heteroatoms. The van der Waals surface area contributed by atoms with E-state index in [1.54, 1.807) is 7.11 Å². The van der Waals surface area contributed by atoms with Crippen LogP contribution >= 0.6 is 11.3 Å². The summed E-state index contributed by atoms with van der Waals surface area (Å²) in [6.07, 6.45) is 0. The fourth-order valence-electron chi connectivity index (χ4n) is 3.01. The second-order valence-corrected chi connectivity index (χ2v) is 7.09. The SMILES string of the molecule is COc1ccc(-c2csc3nc(Nc4nc5ccccc5nc4C)nn23)cc1. The Morgan fingerprint density at radius 1 is 0.964 bits per heavy atom. The molecule has 0 saturated carbocycles. The normalized spacial score (nSPS) is 11.2. The maximum Gasteiger partial charge on any atom is 0.249 e. The molecule has 0 atom stereocenters. The van der Waals surface area contributed by atoms with Crippen LogP contribution in [-0.4, -0.2) is 31.7 Å². The number of ether oxygens (including phenoxy) is 1. The monoisotopic (exact) mass is 388 g/mol. The first kappa shape index (κ1) is 16.6. The van der Waals surface area contributed by atoms with Crippen LogP contribution in [0, 0.1) is 6.92 Å². The van der Waals surface area contributed by atoms with Crippen molar-refractivity contribution < 1.29 is 4.74 Å². The number of fused-ring (bicyclic) bond motifs is 2. The molecule has 0 radical (unpaired) electrons. The molecule has 0 aliphatic heterocycles. The van der Waals surface area contributed by atoms with Gasteiger partial charge in [-0.15, -0.1) is 16.4 Å². The molecule has 7 nitrogen and oxygen atoms in total. The van der Waals surface area contributed by atoms with E-state index in [0.717, 1.165) is 38.7 Å². The second-order valence-electron chi connectivity index (χ2n) is 6.25. The molecule has 0 unspecified atom stereocenters. The fourth-order valence-corrected chi connectivity index (χ4v) is 3.84. The molecule has 0 amide bonds. The van der Waals surface area contributed by atoms with Crippen LogP contribution in [0.15, 0.2) is 53.9 Å². The summed E-state index contributed by atoms with van der Waals surface area (Å²) in [5.74, 6) is 1.97. The molecule has 2 aromatic carbocycles. The Bertz CT molecular complexity index is 1290. The van der Waals surface area contributed by atoms with Gasteiger partial charge in [-0.1, -0.05) is 12.1 Å². The zero-order valence-corrected chi connectivity index (χ0v) is 16.1. The van der Waals surface area contributed by atoms with Crippen LogP contribution in [0.2, 0.25) is 0 Å². The number of nitrogens with zero attached hydrogens (tertiary/aromatic N) is 5. The summed E-state index contributed by atoms with van der Waals surface area (Å²) in [6, 6.07) is 15.7. The Kier molecular flexibility index (Phi) is 3.91. The first-order valence-electron chi connectivity index (χ1n) is 8.70. The molecule has 5 aromatic rings. The minimum atomic E-state index is 0.495. The van der Waals surface area contributed by atoms with Crippen molar-refractivity contribution in [3.05, 3.63) is 59.6 Å². The van der Waals surface area contributed by atoms with Crippen LogP contribution in [0.4, 0.5) is 11.8 Å². The highest BCUT2D eigenvalue weighted by atomic mass is 32.1. The number of methoxy groups -OCH3 is 1. The predicted molar refractivity (Wildman–Crippen MR) is 110 cm³/mol. The van der Waals surface area contributed by atoms with Gasteiger partial charge in [0.2, 0.25) is 10.9 Å². The topological polar surface area (TPSA) is 77.2 Å². The number of rotatable bonds is 4. The summed E-state index contributed by atoms with van der Waals surface area (Å²) >= 11 is 1.54. The first-order valence-corrected chi connectivity index (χ1v) is 9.58. The number of hydrogen-bond acceptors (Lipinski definition) is 7. The van der Waals surface area contributed by atoms with Gasteiger partial charge in [-0.05, 0) is 43.3 Å². The van der Waals surface area contributed by atoms with E-state index in [4.69, 9.17) is 4.74 Å². The number of benzene rings is 2. The summed E-state index contributed by atoms with van der Waals surface area (Å²) in [5, 5.41) is 9.86. The smallest absolute Gasteiger partial charge is 0.249 e. The molecule has 0 saturated heterocycles. The van der Waals surface area contributed by atoms with Gasteiger partial charge in [0.15, 0.2) is 5.82 Å². The van der Waals surface area contributed by atoms with E-state index in [2.05, 4.69) is 25.4 Å². The minimum Gasteiger partial charge on any atom is -0.497 e. The zero-order chi connectivity index (χ0) is 19.1. The summed E-state index contributed by atoms with van der Waals surface area (Å²) in [4.78, 5) is 14.6. The molecule has 3 heterocycles. The highest BCUT2D eigenvalue weighted by Crippen LogP contribution is 2.28. The number of nitrogens with one attached hydrogen (secondary N) is 1. The highest BCUT2D eigenvalue weighted by Gasteiger charge is 2.13. The van der Waals surface area contributed by atoms with Crippen molar-refractivity contribution in [1.82, 2.24) is 24.6 Å². The van der Waals surface area contributed by atoms with E-state index in [-0.39, 0.29) is 0 Å². The average molecular weight is 388 g/mol. The van der Waals surface area contributed by atoms with Crippen LogP contribution in [0.1, 0.15) is 5.69 Å². The quantitative estimate of drug-likeness (QED) is 0.490. The van der Waals surface area contributed by atoms with Gasteiger partial charge in [-0.3, -0.25) is 0 Å². The van der Waals surface area contributed by atoms with Crippen LogP contribution in [0.25, 0.3) is 27.3 Å². The van der Waals surface area contributed by atoms with Crippen LogP contribution in [0.3, 0.4) is 0 Å². The zero-order valence-electron chi connectivity index (χ0n) is 15.2. The van der Waals surface area contributed by atoms with Crippen LogP contribution in [0.5, 0.6) is 5.75 Å². The third-order valence-corrected chi connectivity index (χ3v) is 5.26. The molecule has 0 bridgehead atoms. The number of aromatic nitrogens is 5. The van der Waals surface area contributed by atoms with Gasteiger partial charge in [0, 0.05) is 10.9 Å². The lowest BCUT2D eigenvalue weighted by Crippen LogP contribution is -2.01. The predicted octanol–water partition coefficient (Wildman–Crippen LogP) is 4.46. The second kappa shape index (κ2) is 6.58. The summed E-state index contributed by atoms with van der Waals surface area (Å²) in [6.45, 7) is 1.92. The van der Waals surface area contributed by atoms with E-state index >= 15 is 0 Å². The van der Waals surface area contributed by atoms with Crippen molar-refractivity contribution in [1.29, 1.82) is 0 Å². The van der Waals surface area contributed by atoms with Crippen molar-refractivity contribution in [2.75, 3.05) is 12.4 Å². The first-order chi connectivity index (χ1) is 13.7. The number of para-hydroxylation sites is 2. The lowest BCUT2D eigenvalue weighted by Gasteiger charge is -2.06. The number of aryl methyl sites for hydroxylation is 1. The Hall–Kier alpha value is -3.52. The molecular formula is C20H16N6OS. The molecule has 5 rings (SSSR count). The van der Waals surface area contributed by atoms with Crippen LogP contribution < -0.4 is 10.1 Å². The number of thiazole rings is 1. The Labute approximate surface area is 164 Å². The summed E-state index contributed by atoms with van der Waals surface area (Å²) in [7, 11) is 1.66. The van der Waals surface area contributed by atoms with Gasteiger partial charge in [-0.25, -0.2) is 14.5 Å². The van der Waals surface area contributed by atoms with E-state index in [1.165, 1.54) is 11.3 Å². The number of hydrogen-bond donors (Lipinski definition) is 1. The molecule has 0 aliphatic carbocycles. The largest absolute Gasteiger partial charge is 0.497 e. The van der Waals surface area contributed by atoms with Crippen molar-refractivity contribution in [2.24, 2.45) is 0 Å². The molecule has 138 valence electrons. The van der Waals surface area contributed by atoms with Crippen molar-refractivity contribution in [3.8, 4) is 17.0 Å². The van der Waals surface area contributed by atoms with Crippen molar-refractivity contribution in [2.45, 2.75) is 6.92 Å². The third-order valence-electron chi connectivity index (χ3n) is 4.44. The Morgan fingerprint density at radius 2 is 1.71 bits per heavy atom. The summed E-state index contributed by atoms with van der Waals surface area (Å²) < 4.78 is 7.06. The molecule has 3 aromatic heterocycles. The molecule has 0 fully saturated rings. The van der Waals surface area contributed by atoms with Crippen molar-refractivity contribution >= 4 is 39.1 Å². The maximum atomic E-state index is 5.23. The fraction of sp³-hybridized carbons (Fsp3) is 0.100. The van der Waals surface area contributed by atoms with Gasteiger partial charge in [0.25, 0.3) is 0 Å². The van der Waals surface area contributed by atoms with Gasteiger partial charge < -0.3 is 10.1 Å². The van der Waals surface area contributed by atoms with Gasteiger partial charge in [-0.2, -0.15) is 4.98 Å². The number of anilines is 2. The van der Waals surface area contributed by atoms with E-state index in [0.29, 0.717) is 11.8 Å². The molecule has 28 heavy (non-hydrogen) atoms. The van der Waals surface area contributed by atoms with Crippen molar-refractivity contribution in [3.63, 3.8) is 0 Å². The lowest BCUT2D eigenvalue weighted by atomic mass is 10.2. The van der Waals surface area contributed by atoms with Crippen LogP contribution in [-0.2, 0) is 0 Å². The molecular weight excluding hydrogens is 372 g/mol. The standard InChI is InChI=1S/C20H16N6OS/c1-12-18(22-16-6-4-3-5-15(16)21-12)23-19-24-20-26(25-19)17(11-28-20)13-7-9-14(27-2)10-8-13/h3-11H,1-2H3,(H,22,23,25). The van der Waals surface area contributed by atoms with E-state index < -0.39 is 0 Å². The minimum absolute atomic E-state index is 0.495. The summed E-state index contributed by atoms with van der Waals surface area (Å²) in [5.41, 5.74) is 4.52. The van der Waals surface area contributed by atoms with Gasteiger partial charge in [0.1, 0.15) is 5.75 Å². The Balaban J connectivity index is 1.50. The van der Waals surface area contributed by atoms with E-state index in [1.807, 2.05) is 65.4 Å². The molecule has 0 aliphatic rings. The van der Waals surface area contributed by atoms with Gasteiger partial charge in [0.05, 0.1) is 29.5 Å². The molecule has 0 spiro atoms. The Morgan fingerprint density at radius 3 is 2.46 bits per heavy atom. The lowest BCUT2D eigenvalue weighted by molar-refractivity contribution is 0.415. The molecule has 1 N–H and O–H groups in total. The third kappa shape index (κ3) is 2.84.